The van der Waals surface area contributed by atoms with Gasteiger partial charge in [0, 0.05) is 34.4 Å². The molecule has 2 aromatic carbocycles. The highest BCUT2D eigenvalue weighted by Crippen LogP contribution is 2.27. The summed E-state index contributed by atoms with van der Waals surface area (Å²) in [6.45, 7) is 1.52. The Hall–Kier alpha value is -2.30. The molecule has 0 saturated carbocycles. The van der Waals surface area contributed by atoms with Crippen molar-refractivity contribution in [3.8, 4) is 5.75 Å². The van der Waals surface area contributed by atoms with Crippen LogP contribution in [-0.2, 0) is 6.42 Å². The van der Waals surface area contributed by atoms with Gasteiger partial charge in [0.2, 0.25) is 0 Å². The molecule has 1 unspecified atom stereocenters. The second kappa shape index (κ2) is 7.72. The number of ether oxygens (including phenoxy) is 1. The fourth-order valence-electron chi connectivity index (χ4n) is 2.54. The van der Waals surface area contributed by atoms with Gasteiger partial charge >= 0.3 is 0 Å². The molecular weight excluding hydrogens is 359 g/mol. The first kappa shape index (κ1) is 17.5. The topological polar surface area (TPSA) is 55.0 Å². The van der Waals surface area contributed by atoms with Crippen molar-refractivity contribution in [3.63, 3.8) is 0 Å². The quantitative estimate of drug-likeness (QED) is 0.596. The van der Waals surface area contributed by atoms with Crippen LogP contribution in [0.2, 0.25) is 10.0 Å². The van der Waals surface area contributed by atoms with Crippen molar-refractivity contribution in [2.45, 2.75) is 19.4 Å². The van der Waals surface area contributed by atoms with Crippen molar-refractivity contribution in [2.75, 3.05) is 0 Å². The van der Waals surface area contributed by atoms with Crippen molar-refractivity contribution in [3.05, 3.63) is 81.9 Å². The van der Waals surface area contributed by atoms with Gasteiger partial charge in [0.1, 0.15) is 11.6 Å². The van der Waals surface area contributed by atoms with Crippen LogP contribution in [0.15, 0.2) is 54.9 Å². The average Bonchev–Trinajstić information content (AvgIpc) is 3.08. The van der Waals surface area contributed by atoms with E-state index in [0.29, 0.717) is 33.6 Å². The number of hydrogen-bond acceptors (Lipinski definition) is 3. The molecule has 0 fully saturated rings. The van der Waals surface area contributed by atoms with Crippen molar-refractivity contribution in [2.24, 2.45) is 0 Å². The Kier molecular flexibility index (Phi) is 5.41. The highest BCUT2D eigenvalue weighted by molar-refractivity contribution is 6.34. The van der Waals surface area contributed by atoms with E-state index in [1.807, 2.05) is 18.2 Å². The third-order valence-corrected chi connectivity index (χ3v) is 4.12. The van der Waals surface area contributed by atoms with Crippen LogP contribution in [0.5, 0.6) is 5.75 Å². The lowest BCUT2D eigenvalue weighted by Crippen LogP contribution is -2.13. The Labute approximate surface area is 155 Å². The lowest BCUT2D eigenvalue weighted by Gasteiger charge is -2.18. The van der Waals surface area contributed by atoms with Gasteiger partial charge in [0.05, 0.1) is 0 Å². The molecule has 6 heteroatoms. The Morgan fingerprint density at radius 2 is 1.96 bits per heavy atom. The van der Waals surface area contributed by atoms with Gasteiger partial charge in [0.15, 0.2) is 11.9 Å². The molecule has 0 radical (unpaired) electrons. The molecule has 3 aromatic rings. The van der Waals surface area contributed by atoms with Gasteiger partial charge < -0.3 is 9.72 Å². The third-order valence-electron chi connectivity index (χ3n) is 3.69. The number of halogens is 2. The summed E-state index contributed by atoms with van der Waals surface area (Å²) >= 11 is 12.2. The minimum Gasteiger partial charge on any atom is -0.482 e. The molecule has 0 aliphatic heterocycles. The molecule has 1 atom stereocenters. The van der Waals surface area contributed by atoms with Crippen molar-refractivity contribution in [1.82, 2.24) is 9.97 Å². The zero-order valence-corrected chi connectivity index (χ0v) is 15.0. The number of H-pyrrole nitrogens is 1. The summed E-state index contributed by atoms with van der Waals surface area (Å²) in [6, 6.07) is 12.5. The van der Waals surface area contributed by atoms with E-state index in [1.165, 1.54) is 6.92 Å². The number of nitrogens with one attached hydrogen (secondary N) is 1. The smallest absolute Gasteiger partial charge is 0.160 e. The summed E-state index contributed by atoms with van der Waals surface area (Å²) in [5.41, 5.74) is 1.53. The van der Waals surface area contributed by atoms with Crippen LogP contribution in [0.3, 0.4) is 0 Å². The van der Waals surface area contributed by atoms with Crippen molar-refractivity contribution < 1.29 is 9.53 Å². The third kappa shape index (κ3) is 4.62. The van der Waals surface area contributed by atoms with E-state index in [2.05, 4.69) is 9.97 Å². The highest BCUT2D eigenvalue weighted by Gasteiger charge is 2.18. The number of nitrogens with zero attached hydrogens (tertiary/aromatic N) is 1. The molecule has 1 aromatic heterocycles. The molecule has 0 bridgehead atoms. The Morgan fingerprint density at radius 3 is 2.60 bits per heavy atom. The maximum absolute atomic E-state index is 11.6. The molecule has 0 aliphatic carbocycles. The van der Waals surface area contributed by atoms with Crippen LogP contribution in [-0.4, -0.2) is 15.8 Å². The molecule has 4 nitrogen and oxygen atoms in total. The molecule has 1 heterocycles. The molecule has 0 aliphatic rings. The first-order valence-corrected chi connectivity index (χ1v) is 8.49. The Morgan fingerprint density at radius 1 is 1.20 bits per heavy atom. The number of imidazole rings is 1. The molecule has 128 valence electrons. The normalized spacial score (nSPS) is 12.0. The number of benzene rings is 2. The van der Waals surface area contributed by atoms with E-state index in [0.717, 1.165) is 5.56 Å². The number of carbonyl (C=O) groups excluding carboxylic acids is 1. The first-order chi connectivity index (χ1) is 12.0. The van der Waals surface area contributed by atoms with Gasteiger partial charge in [-0.2, -0.15) is 0 Å². The number of carbonyl (C=O) groups is 1. The van der Waals surface area contributed by atoms with Crippen molar-refractivity contribution >= 4 is 29.0 Å². The molecule has 0 amide bonds. The predicted molar refractivity (Wildman–Crippen MR) is 98.6 cm³/mol. The van der Waals surface area contributed by atoms with E-state index in [1.54, 1.807) is 36.7 Å². The SMILES string of the molecule is CC(=O)c1cccc(OC(Cc2cc(Cl)cc(Cl)c2)c2ncc[nH]2)c1. The lowest BCUT2D eigenvalue weighted by molar-refractivity contribution is 0.101. The average molecular weight is 375 g/mol. The maximum Gasteiger partial charge on any atom is 0.160 e. The second-order valence-electron chi connectivity index (χ2n) is 5.65. The summed E-state index contributed by atoms with van der Waals surface area (Å²) in [6.07, 6.45) is 3.57. The van der Waals surface area contributed by atoms with E-state index < -0.39 is 0 Å². The minimum absolute atomic E-state index is 0.0124. The zero-order valence-electron chi connectivity index (χ0n) is 13.5. The van der Waals surface area contributed by atoms with Crippen LogP contribution in [0, 0.1) is 0 Å². The van der Waals surface area contributed by atoms with Gasteiger partial charge in [-0.3, -0.25) is 4.79 Å². The van der Waals surface area contributed by atoms with Crippen LogP contribution in [0.25, 0.3) is 0 Å². The fraction of sp³-hybridized carbons (Fsp3) is 0.158. The molecule has 1 N–H and O–H groups in total. The van der Waals surface area contributed by atoms with Gasteiger partial charge in [-0.05, 0) is 42.8 Å². The summed E-state index contributed by atoms with van der Waals surface area (Å²) in [5.74, 6) is 1.27. The fourth-order valence-corrected chi connectivity index (χ4v) is 3.11. The molecule has 0 spiro atoms. The Bertz CT molecular complexity index is 859. The zero-order chi connectivity index (χ0) is 17.8. The number of rotatable bonds is 6. The summed E-state index contributed by atoms with van der Waals surface area (Å²) < 4.78 is 6.10. The van der Waals surface area contributed by atoms with Crippen molar-refractivity contribution in [1.29, 1.82) is 0 Å². The molecule has 25 heavy (non-hydrogen) atoms. The monoisotopic (exact) mass is 374 g/mol. The largest absolute Gasteiger partial charge is 0.482 e. The number of aromatic amines is 1. The van der Waals surface area contributed by atoms with Gasteiger partial charge in [-0.15, -0.1) is 0 Å². The highest BCUT2D eigenvalue weighted by atomic mass is 35.5. The molecular formula is C19H16Cl2N2O2. The van der Waals surface area contributed by atoms with Crippen LogP contribution in [0.4, 0.5) is 0 Å². The predicted octanol–water partition coefficient (Wildman–Crippen LogP) is 5.28. The summed E-state index contributed by atoms with van der Waals surface area (Å²) in [5, 5.41) is 1.14. The number of ketones is 1. The molecule has 0 saturated heterocycles. The standard InChI is InChI=1S/C19H16Cl2N2O2/c1-12(24)14-3-2-4-17(10-14)25-18(19-22-5-6-23-19)9-13-7-15(20)11-16(21)8-13/h2-8,10-11,18H,9H2,1H3,(H,22,23). The number of hydrogen-bond donors (Lipinski definition) is 1. The van der Waals surface area contributed by atoms with Crippen LogP contribution in [0.1, 0.15) is 34.8 Å². The van der Waals surface area contributed by atoms with Gasteiger partial charge in [0.25, 0.3) is 0 Å². The van der Waals surface area contributed by atoms with Crippen LogP contribution >= 0.6 is 23.2 Å². The van der Waals surface area contributed by atoms with E-state index >= 15 is 0 Å². The molecule has 3 rings (SSSR count). The second-order valence-corrected chi connectivity index (χ2v) is 6.52. The number of Topliss-reactive ketones (excluding diaryl/α,β-unsaturated/α-hetero) is 1. The van der Waals surface area contributed by atoms with E-state index in [-0.39, 0.29) is 11.9 Å². The van der Waals surface area contributed by atoms with Gasteiger partial charge in [-0.1, -0.05) is 35.3 Å². The lowest BCUT2D eigenvalue weighted by atomic mass is 10.1. The summed E-state index contributed by atoms with van der Waals surface area (Å²) in [7, 11) is 0. The summed E-state index contributed by atoms with van der Waals surface area (Å²) in [4.78, 5) is 18.9. The maximum atomic E-state index is 11.6. The van der Waals surface area contributed by atoms with Gasteiger partial charge in [-0.25, -0.2) is 4.98 Å². The van der Waals surface area contributed by atoms with E-state index in [4.69, 9.17) is 27.9 Å². The Balaban J connectivity index is 1.88. The first-order valence-electron chi connectivity index (χ1n) is 7.73. The van der Waals surface area contributed by atoms with E-state index in [9.17, 15) is 4.79 Å². The van der Waals surface area contributed by atoms with Crippen LogP contribution < -0.4 is 4.74 Å². The minimum atomic E-state index is -0.369. The number of aromatic nitrogens is 2.